The molecule has 0 heterocycles. The van der Waals surface area contributed by atoms with Crippen LogP contribution in [0.1, 0.15) is 24.2 Å². The largest absolute Gasteiger partial charge is 0.545 e. The van der Waals surface area contributed by atoms with Crippen LogP contribution in [0.4, 0.5) is 0 Å². The molecule has 0 N–H and O–H groups in total. The lowest BCUT2D eigenvalue weighted by Gasteiger charge is -2.11. The molecule has 0 radical (unpaired) electrons. The topological polar surface area (TPSA) is 40.1 Å². The number of carboxylic acid groups (broad SMARTS) is 1. The van der Waals surface area contributed by atoms with Crippen molar-refractivity contribution >= 4 is 13.2 Å². The second kappa shape index (κ2) is 7.40. The van der Waals surface area contributed by atoms with Crippen molar-refractivity contribution in [2.75, 3.05) is 25.7 Å². The maximum atomic E-state index is 10.1. The third-order valence-corrected chi connectivity index (χ3v) is 6.15. The molecule has 0 saturated carbocycles. The Hall–Kier alpha value is -0.880. The summed E-state index contributed by atoms with van der Waals surface area (Å²) in [6.07, 6.45) is 2.81. The average Bonchev–Trinajstić information content (AvgIpc) is 2.31. The quantitative estimate of drug-likeness (QED) is 0.761. The molecule has 3 heteroatoms. The molecule has 1 rings (SSSR count). The summed E-state index contributed by atoms with van der Waals surface area (Å²) in [7, 11) is -0.404. The van der Waals surface area contributed by atoms with Crippen molar-refractivity contribution in [2.45, 2.75) is 13.8 Å². The molecule has 2 nitrogen and oxygen atoms in total. The molecular weight excluding hydrogens is 219 g/mol. The van der Waals surface area contributed by atoms with Gasteiger partial charge in [-0.1, -0.05) is 30.3 Å². The molecule has 0 aliphatic carbocycles. The average molecular weight is 240 g/mol. The lowest BCUT2D eigenvalue weighted by molar-refractivity contribution is -0.255. The number of aromatic carboxylic acids is 1. The van der Waals surface area contributed by atoms with Crippen LogP contribution >= 0.6 is 7.26 Å². The van der Waals surface area contributed by atoms with Crippen molar-refractivity contribution in [3.05, 3.63) is 35.9 Å². The minimum Gasteiger partial charge on any atom is -0.545 e. The molecular formula is C13H21O2P. The predicted octanol–water partition coefficient (Wildman–Crippen LogP) is 2.35. The monoisotopic (exact) mass is 240 g/mol. The molecule has 0 aromatic heterocycles. The van der Waals surface area contributed by atoms with Crippen molar-refractivity contribution in [1.82, 2.24) is 0 Å². The van der Waals surface area contributed by atoms with Gasteiger partial charge in [-0.05, 0) is 19.4 Å². The van der Waals surface area contributed by atoms with E-state index in [9.17, 15) is 9.90 Å². The lowest BCUT2D eigenvalue weighted by Crippen LogP contribution is -2.21. The minimum absolute atomic E-state index is 0.220. The van der Waals surface area contributed by atoms with E-state index < -0.39 is 13.2 Å². The highest BCUT2D eigenvalue weighted by atomic mass is 31.2. The summed E-state index contributed by atoms with van der Waals surface area (Å²) in [6, 6.07) is 8.06. The molecule has 0 unspecified atom stereocenters. The molecule has 0 atom stereocenters. The van der Waals surface area contributed by atoms with Gasteiger partial charge in [0.1, 0.15) is 0 Å². The van der Waals surface area contributed by atoms with Crippen LogP contribution in [0.2, 0.25) is 0 Å². The third-order valence-electron chi connectivity index (χ3n) is 2.72. The Morgan fingerprint density at radius 1 is 1.12 bits per heavy atom. The first-order chi connectivity index (χ1) is 7.43. The predicted molar refractivity (Wildman–Crippen MR) is 70.6 cm³/mol. The maximum Gasteiger partial charge on any atom is 0.0715 e. The summed E-state index contributed by atoms with van der Waals surface area (Å²) in [5.41, 5.74) is 0.220. The standard InChI is InChI=1S/C7H6O2.C6H16P/c8-7(9)6-4-2-1-3-5-6;1-5-7(3,4)6-2/h1-5H,(H,8,9);5-6H2,1-4H3/q;+1/p-1. The van der Waals surface area contributed by atoms with Gasteiger partial charge in [-0.3, -0.25) is 0 Å². The molecule has 0 saturated heterocycles. The normalized spacial score (nSPS) is 10.2. The molecule has 0 aliphatic heterocycles. The van der Waals surface area contributed by atoms with Gasteiger partial charge in [0.2, 0.25) is 0 Å². The number of carboxylic acids is 1. The van der Waals surface area contributed by atoms with E-state index in [0.29, 0.717) is 0 Å². The second-order valence-corrected chi connectivity index (χ2v) is 9.36. The van der Waals surface area contributed by atoms with Gasteiger partial charge in [0.15, 0.2) is 0 Å². The zero-order chi connectivity index (χ0) is 12.6. The van der Waals surface area contributed by atoms with Gasteiger partial charge in [0.05, 0.1) is 18.3 Å². The number of rotatable bonds is 3. The van der Waals surface area contributed by atoms with Crippen molar-refractivity contribution in [3.8, 4) is 0 Å². The van der Waals surface area contributed by atoms with Crippen LogP contribution in [-0.2, 0) is 0 Å². The Bertz CT molecular complexity index is 301. The van der Waals surface area contributed by atoms with Gasteiger partial charge in [-0.25, -0.2) is 0 Å². The molecule has 0 aliphatic rings. The Morgan fingerprint density at radius 3 is 1.75 bits per heavy atom. The highest BCUT2D eigenvalue weighted by Gasteiger charge is 2.17. The Labute approximate surface area is 99.0 Å². The molecule has 1 aromatic rings. The summed E-state index contributed by atoms with van der Waals surface area (Å²) in [4.78, 5) is 10.1. The number of hydrogen-bond donors (Lipinski definition) is 0. The molecule has 90 valence electrons. The van der Waals surface area contributed by atoms with Crippen LogP contribution in [0.25, 0.3) is 0 Å². The van der Waals surface area contributed by atoms with Gasteiger partial charge in [0, 0.05) is 20.6 Å². The van der Waals surface area contributed by atoms with E-state index in [2.05, 4.69) is 27.2 Å². The highest BCUT2D eigenvalue weighted by molar-refractivity contribution is 7.74. The SMILES string of the molecule is CC[P+](C)(C)CC.O=C([O-])c1ccccc1. The van der Waals surface area contributed by atoms with Crippen LogP contribution in [0.3, 0.4) is 0 Å². The van der Waals surface area contributed by atoms with Crippen LogP contribution in [0.15, 0.2) is 30.3 Å². The van der Waals surface area contributed by atoms with E-state index in [1.807, 2.05) is 0 Å². The molecule has 0 fully saturated rings. The van der Waals surface area contributed by atoms with E-state index in [4.69, 9.17) is 0 Å². The van der Waals surface area contributed by atoms with Crippen LogP contribution < -0.4 is 5.11 Å². The summed E-state index contributed by atoms with van der Waals surface area (Å²) < 4.78 is 0. The first-order valence-corrected chi connectivity index (χ1v) is 8.56. The molecule has 0 bridgehead atoms. The minimum atomic E-state index is -1.13. The second-order valence-electron chi connectivity index (χ2n) is 4.22. The Kier molecular flexibility index (Phi) is 7.00. The summed E-state index contributed by atoms with van der Waals surface area (Å²) >= 11 is 0. The molecule has 16 heavy (non-hydrogen) atoms. The summed E-state index contributed by atoms with van der Waals surface area (Å²) in [5, 5.41) is 10.1. The van der Waals surface area contributed by atoms with E-state index in [1.165, 1.54) is 24.5 Å². The van der Waals surface area contributed by atoms with Gasteiger partial charge < -0.3 is 9.90 Å². The first kappa shape index (κ1) is 15.1. The van der Waals surface area contributed by atoms with Crippen LogP contribution in [0.5, 0.6) is 0 Å². The fraction of sp³-hybridized carbons (Fsp3) is 0.462. The van der Waals surface area contributed by atoms with Crippen LogP contribution in [0, 0.1) is 0 Å². The maximum absolute atomic E-state index is 10.1. The van der Waals surface area contributed by atoms with E-state index in [0.717, 1.165) is 0 Å². The zero-order valence-corrected chi connectivity index (χ0v) is 11.5. The fourth-order valence-corrected chi connectivity index (χ4v) is 1.25. The van der Waals surface area contributed by atoms with E-state index in [-0.39, 0.29) is 5.56 Å². The van der Waals surface area contributed by atoms with Crippen molar-refractivity contribution in [2.24, 2.45) is 0 Å². The smallest absolute Gasteiger partial charge is 0.0715 e. The fourth-order valence-electron chi connectivity index (χ4n) is 0.798. The number of benzene rings is 1. The summed E-state index contributed by atoms with van der Waals surface area (Å²) in [5.74, 6) is -1.13. The van der Waals surface area contributed by atoms with Gasteiger partial charge >= 0.3 is 0 Å². The van der Waals surface area contributed by atoms with E-state index in [1.54, 1.807) is 18.2 Å². The van der Waals surface area contributed by atoms with Crippen LogP contribution in [-0.4, -0.2) is 31.6 Å². The summed E-state index contributed by atoms with van der Waals surface area (Å²) in [6.45, 7) is 9.40. The molecule has 0 amide bonds. The third kappa shape index (κ3) is 6.58. The molecule has 1 aromatic carbocycles. The number of hydrogen-bond acceptors (Lipinski definition) is 2. The van der Waals surface area contributed by atoms with Gasteiger partial charge in [-0.15, -0.1) is 0 Å². The van der Waals surface area contributed by atoms with Gasteiger partial charge in [-0.2, -0.15) is 0 Å². The Balaban J connectivity index is 0.000000293. The first-order valence-electron chi connectivity index (χ1n) is 5.51. The molecule has 0 spiro atoms. The number of carbonyl (C=O) groups is 1. The van der Waals surface area contributed by atoms with Crippen molar-refractivity contribution < 1.29 is 9.90 Å². The Morgan fingerprint density at radius 2 is 1.56 bits per heavy atom. The lowest BCUT2D eigenvalue weighted by atomic mass is 10.2. The highest BCUT2D eigenvalue weighted by Crippen LogP contribution is 2.49. The van der Waals surface area contributed by atoms with Crippen molar-refractivity contribution in [1.29, 1.82) is 0 Å². The number of carbonyl (C=O) groups excluding carboxylic acids is 1. The van der Waals surface area contributed by atoms with Gasteiger partial charge in [0.25, 0.3) is 0 Å². The zero-order valence-electron chi connectivity index (χ0n) is 10.6. The van der Waals surface area contributed by atoms with Crippen molar-refractivity contribution in [3.63, 3.8) is 0 Å². The van der Waals surface area contributed by atoms with E-state index >= 15 is 0 Å².